The van der Waals surface area contributed by atoms with Gasteiger partial charge in [0.05, 0.1) is 6.54 Å². The fourth-order valence-electron chi connectivity index (χ4n) is 3.86. The second kappa shape index (κ2) is 9.88. The van der Waals surface area contributed by atoms with Crippen molar-refractivity contribution in [2.75, 3.05) is 12.3 Å². The van der Waals surface area contributed by atoms with Gasteiger partial charge in [-0.25, -0.2) is 4.99 Å². The molecule has 3 atom stereocenters. The maximum absolute atomic E-state index is 12.2. The van der Waals surface area contributed by atoms with E-state index in [0.29, 0.717) is 17.8 Å². The first-order valence-corrected chi connectivity index (χ1v) is 11.5. The van der Waals surface area contributed by atoms with Crippen LogP contribution in [0.1, 0.15) is 45.1 Å². The molecule has 0 spiro atoms. The summed E-state index contributed by atoms with van der Waals surface area (Å²) >= 11 is 0. The molecule has 2 N–H and O–H groups in total. The van der Waals surface area contributed by atoms with Crippen molar-refractivity contribution in [2.45, 2.75) is 57.4 Å². The van der Waals surface area contributed by atoms with Crippen molar-refractivity contribution in [3.05, 3.63) is 48.0 Å². The number of fused-ring (bicyclic) bond motifs is 1. The van der Waals surface area contributed by atoms with Gasteiger partial charge in [-0.3, -0.25) is 4.21 Å². The average Bonchev–Trinajstić information content (AvgIpc) is 2.71. The van der Waals surface area contributed by atoms with E-state index in [1.807, 2.05) is 6.92 Å². The number of benzene rings is 2. The molecule has 0 radical (unpaired) electrons. The lowest BCUT2D eigenvalue weighted by atomic mass is 9.95. The van der Waals surface area contributed by atoms with Crippen LogP contribution in [0.4, 0.5) is 0 Å². The number of nitrogens with one attached hydrogen (secondary N) is 2. The van der Waals surface area contributed by atoms with E-state index in [1.165, 1.54) is 16.3 Å². The Kier molecular flexibility index (Phi) is 7.27. The molecule has 1 fully saturated rings. The van der Waals surface area contributed by atoms with E-state index in [2.05, 4.69) is 60.0 Å². The minimum atomic E-state index is -0.702. The lowest BCUT2D eigenvalue weighted by Crippen LogP contribution is -2.46. The first-order chi connectivity index (χ1) is 13.2. The predicted molar refractivity (Wildman–Crippen MR) is 117 cm³/mol. The van der Waals surface area contributed by atoms with E-state index < -0.39 is 10.8 Å². The molecule has 3 unspecified atom stereocenters. The molecule has 0 amide bonds. The Balaban J connectivity index is 1.70. The summed E-state index contributed by atoms with van der Waals surface area (Å²) in [5, 5.41) is 9.79. The van der Waals surface area contributed by atoms with E-state index in [9.17, 15) is 4.21 Å². The van der Waals surface area contributed by atoms with Crippen LogP contribution in [-0.4, -0.2) is 33.8 Å². The largest absolute Gasteiger partial charge is 0.357 e. The van der Waals surface area contributed by atoms with Gasteiger partial charge in [0.1, 0.15) is 0 Å². The third kappa shape index (κ3) is 5.32. The molecule has 5 heteroatoms. The topological polar surface area (TPSA) is 53.5 Å². The molecule has 4 nitrogen and oxygen atoms in total. The van der Waals surface area contributed by atoms with Crippen molar-refractivity contribution in [3.8, 4) is 0 Å². The molecule has 0 aromatic heterocycles. The van der Waals surface area contributed by atoms with Crippen LogP contribution in [0.15, 0.2) is 47.5 Å². The molecule has 0 aliphatic heterocycles. The van der Waals surface area contributed by atoms with Crippen LogP contribution >= 0.6 is 0 Å². The van der Waals surface area contributed by atoms with E-state index in [-0.39, 0.29) is 0 Å². The number of rotatable bonds is 6. The van der Waals surface area contributed by atoms with Gasteiger partial charge in [0.25, 0.3) is 0 Å². The SMILES string of the molecule is CCNC(=NCc1cccc2ccccc12)NC1CCCC(S(=O)CC)C1. The van der Waals surface area contributed by atoms with Crippen LogP contribution < -0.4 is 10.6 Å². The number of nitrogens with zero attached hydrogens (tertiary/aromatic N) is 1. The van der Waals surface area contributed by atoms with Crippen LogP contribution in [0.3, 0.4) is 0 Å². The Morgan fingerprint density at radius 2 is 1.96 bits per heavy atom. The van der Waals surface area contributed by atoms with Crippen LogP contribution in [0.5, 0.6) is 0 Å². The molecule has 2 aromatic carbocycles. The highest BCUT2D eigenvalue weighted by Crippen LogP contribution is 2.23. The number of aliphatic imine (C=N–C) groups is 1. The standard InChI is InChI=1S/C22H31N3OS/c1-3-23-22(25-19-12-8-13-20(15-19)27(26)4-2)24-16-18-11-7-10-17-9-5-6-14-21(17)18/h5-7,9-11,14,19-20H,3-4,8,12-13,15-16H2,1-2H3,(H2,23,24,25). The quantitative estimate of drug-likeness (QED) is 0.584. The summed E-state index contributed by atoms with van der Waals surface area (Å²) in [6, 6.07) is 15.2. The van der Waals surface area contributed by atoms with E-state index in [0.717, 1.165) is 43.9 Å². The fraction of sp³-hybridized carbons (Fsp3) is 0.500. The zero-order valence-electron chi connectivity index (χ0n) is 16.4. The van der Waals surface area contributed by atoms with Crippen molar-refractivity contribution >= 4 is 27.5 Å². The Bertz CT molecular complexity index is 800. The van der Waals surface area contributed by atoms with Gasteiger partial charge in [0.15, 0.2) is 5.96 Å². The van der Waals surface area contributed by atoms with Gasteiger partial charge in [-0.1, -0.05) is 55.8 Å². The van der Waals surface area contributed by atoms with Crippen LogP contribution in [0.25, 0.3) is 10.8 Å². The molecule has 27 heavy (non-hydrogen) atoms. The number of guanidine groups is 1. The highest BCUT2D eigenvalue weighted by atomic mass is 32.2. The third-order valence-electron chi connectivity index (χ3n) is 5.25. The molecular weight excluding hydrogens is 354 g/mol. The van der Waals surface area contributed by atoms with Crippen molar-refractivity contribution in [2.24, 2.45) is 4.99 Å². The van der Waals surface area contributed by atoms with Crippen molar-refractivity contribution < 1.29 is 4.21 Å². The van der Waals surface area contributed by atoms with Crippen molar-refractivity contribution in [1.82, 2.24) is 10.6 Å². The molecule has 0 bridgehead atoms. The minimum Gasteiger partial charge on any atom is -0.357 e. The van der Waals surface area contributed by atoms with Gasteiger partial charge < -0.3 is 10.6 Å². The summed E-state index contributed by atoms with van der Waals surface area (Å²) in [4.78, 5) is 4.84. The van der Waals surface area contributed by atoms with Gasteiger partial charge in [-0.2, -0.15) is 0 Å². The monoisotopic (exact) mass is 385 g/mol. The van der Waals surface area contributed by atoms with Gasteiger partial charge in [-0.15, -0.1) is 0 Å². The molecule has 1 saturated carbocycles. The average molecular weight is 386 g/mol. The maximum Gasteiger partial charge on any atom is 0.191 e. The zero-order valence-corrected chi connectivity index (χ0v) is 17.2. The smallest absolute Gasteiger partial charge is 0.191 e. The lowest BCUT2D eigenvalue weighted by molar-refractivity contribution is 0.413. The van der Waals surface area contributed by atoms with Crippen LogP contribution in [0.2, 0.25) is 0 Å². The zero-order chi connectivity index (χ0) is 19.1. The minimum absolute atomic E-state index is 0.321. The van der Waals surface area contributed by atoms with Crippen LogP contribution in [-0.2, 0) is 17.3 Å². The van der Waals surface area contributed by atoms with Gasteiger partial charge in [0, 0.05) is 34.4 Å². The molecule has 0 saturated heterocycles. The summed E-state index contributed by atoms with van der Waals surface area (Å²) in [6.07, 6.45) is 4.31. The highest BCUT2D eigenvalue weighted by Gasteiger charge is 2.26. The Labute approximate surface area is 165 Å². The Morgan fingerprint density at radius 1 is 1.15 bits per heavy atom. The van der Waals surface area contributed by atoms with E-state index in [4.69, 9.17) is 4.99 Å². The summed E-state index contributed by atoms with van der Waals surface area (Å²) < 4.78 is 12.2. The summed E-state index contributed by atoms with van der Waals surface area (Å²) in [7, 11) is -0.702. The molecular formula is C22H31N3OS. The first-order valence-electron chi connectivity index (χ1n) is 10.1. The van der Waals surface area contributed by atoms with E-state index >= 15 is 0 Å². The Hall–Kier alpha value is -1.88. The predicted octanol–water partition coefficient (Wildman–Crippen LogP) is 3.97. The second-order valence-electron chi connectivity index (χ2n) is 7.13. The second-order valence-corrected chi connectivity index (χ2v) is 9.14. The molecule has 146 valence electrons. The molecule has 1 aliphatic rings. The molecule has 2 aromatic rings. The normalized spacial score (nSPS) is 21.8. The van der Waals surface area contributed by atoms with Crippen molar-refractivity contribution in [1.29, 1.82) is 0 Å². The van der Waals surface area contributed by atoms with Crippen LogP contribution in [0, 0.1) is 0 Å². The lowest BCUT2D eigenvalue weighted by Gasteiger charge is -2.30. The third-order valence-corrected chi connectivity index (χ3v) is 7.00. The van der Waals surface area contributed by atoms with Gasteiger partial charge >= 0.3 is 0 Å². The molecule has 0 heterocycles. The first kappa shape index (κ1) is 19.9. The summed E-state index contributed by atoms with van der Waals surface area (Å²) in [5.74, 6) is 1.62. The highest BCUT2D eigenvalue weighted by molar-refractivity contribution is 7.85. The maximum atomic E-state index is 12.2. The van der Waals surface area contributed by atoms with E-state index in [1.54, 1.807) is 0 Å². The molecule has 1 aliphatic carbocycles. The molecule has 3 rings (SSSR count). The summed E-state index contributed by atoms with van der Waals surface area (Å²) in [5.41, 5.74) is 1.24. The van der Waals surface area contributed by atoms with Gasteiger partial charge in [-0.05, 0) is 42.5 Å². The number of hydrogen-bond acceptors (Lipinski definition) is 2. The Morgan fingerprint density at radius 3 is 2.78 bits per heavy atom. The summed E-state index contributed by atoms with van der Waals surface area (Å²) in [6.45, 7) is 5.58. The fourth-order valence-corrected chi connectivity index (χ4v) is 5.21. The van der Waals surface area contributed by atoms with Gasteiger partial charge in [0.2, 0.25) is 0 Å². The number of hydrogen-bond donors (Lipinski definition) is 2. The van der Waals surface area contributed by atoms with Crippen molar-refractivity contribution in [3.63, 3.8) is 0 Å².